The number of methoxy groups -OCH3 is 1. The van der Waals surface area contributed by atoms with Crippen LogP contribution in [-0.4, -0.2) is 86.5 Å². The van der Waals surface area contributed by atoms with Crippen LogP contribution in [0.1, 0.15) is 53.9 Å². The third-order valence-electron chi connectivity index (χ3n) is 5.68. The first-order valence-electron chi connectivity index (χ1n) is 13.2. The van der Waals surface area contributed by atoms with E-state index < -0.39 is 66.2 Å². The van der Waals surface area contributed by atoms with Crippen LogP contribution in [0.2, 0.25) is 0 Å². The number of amides is 3. The molecule has 15 nitrogen and oxygen atoms in total. The number of carbonyl (C=O) groups is 5. The summed E-state index contributed by atoms with van der Waals surface area (Å²) in [4.78, 5) is 61.6. The van der Waals surface area contributed by atoms with E-state index in [-0.39, 0.29) is 18.2 Å². The van der Waals surface area contributed by atoms with Gasteiger partial charge in [0.15, 0.2) is 18.3 Å². The molecule has 2 aliphatic heterocycles. The lowest BCUT2D eigenvalue weighted by Crippen LogP contribution is -2.64. The Morgan fingerprint density at radius 2 is 1.83 bits per heavy atom. The van der Waals surface area contributed by atoms with Crippen molar-refractivity contribution in [3.8, 4) is 0 Å². The number of alkyl carbamates (subject to hydrolysis) is 2. The third kappa shape index (κ3) is 10.7. The number of carbonyl (C=O) groups excluding carboxylic acids is 5. The van der Waals surface area contributed by atoms with Gasteiger partial charge in [-0.15, -0.1) is 0 Å². The van der Waals surface area contributed by atoms with Crippen LogP contribution in [0.5, 0.6) is 0 Å². The number of cyclic esters (lactones) is 2. The molecule has 1 fully saturated rings. The minimum Gasteiger partial charge on any atom is -0.477 e. The number of esters is 1. The van der Waals surface area contributed by atoms with Crippen LogP contribution in [-0.2, 0) is 38.0 Å². The molecule has 0 aromatic heterocycles. The lowest BCUT2D eigenvalue weighted by Gasteiger charge is -2.41. The van der Waals surface area contributed by atoms with E-state index in [9.17, 15) is 24.0 Å². The predicted molar refractivity (Wildman–Crippen MR) is 142 cm³/mol. The maximum absolute atomic E-state index is 12.7. The standard InChI is InChI=1S/C26H40N4O11/c1-8-9-10-11-27-23(33)40-20(18-13-37-25(35)39-18)21-19(30-15(3)31)16(12-17(38-21)22(32)36-7)28-14(2)29-24(34)41-26(4,5)6/h12,16,18-21,28H,2,8-11,13H2,1,3-7H3,(H,27,33)(H,29,34)(H,30,31)/t16-,18+,19+,20+,21+/m0/s1. The molecule has 41 heavy (non-hydrogen) atoms. The smallest absolute Gasteiger partial charge is 0.477 e. The molecule has 5 atom stereocenters. The molecule has 3 amide bonds. The summed E-state index contributed by atoms with van der Waals surface area (Å²) in [6.07, 6.45) is -2.62. The summed E-state index contributed by atoms with van der Waals surface area (Å²) in [5.41, 5.74) is -0.784. The molecule has 0 bridgehead atoms. The van der Waals surface area contributed by atoms with E-state index in [0.717, 1.165) is 20.0 Å². The number of hydrogen-bond acceptors (Lipinski definition) is 12. The quantitative estimate of drug-likeness (QED) is 0.148. The molecule has 0 radical (unpaired) electrons. The van der Waals surface area contributed by atoms with E-state index in [1.807, 2.05) is 6.92 Å². The molecular formula is C26H40N4O11. The van der Waals surface area contributed by atoms with E-state index in [1.165, 1.54) is 13.0 Å². The van der Waals surface area contributed by atoms with Crippen molar-refractivity contribution in [2.45, 2.75) is 89.9 Å². The van der Waals surface area contributed by atoms with Gasteiger partial charge in [-0.1, -0.05) is 26.3 Å². The normalized spacial score (nSPS) is 22.4. The summed E-state index contributed by atoms with van der Waals surface area (Å²) in [6, 6.07) is -2.04. The lowest BCUT2D eigenvalue weighted by molar-refractivity contribution is -0.147. The van der Waals surface area contributed by atoms with Crippen molar-refractivity contribution in [2.24, 2.45) is 0 Å². The van der Waals surface area contributed by atoms with Gasteiger partial charge in [-0.25, -0.2) is 19.2 Å². The van der Waals surface area contributed by atoms with E-state index in [0.29, 0.717) is 13.0 Å². The molecular weight excluding hydrogens is 544 g/mol. The molecule has 0 aromatic rings. The minimum absolute atomic E-state index is 0.0394. The second-order valence-electron chi connectivity index (χ2n) is 10.3. The van der Waals surface area contributed by atoms with Crippen LogP contribution in [0.15, 0.2) is 24.2 Å². The van der Waals surface area contributed by atoms with E-state index in [2.05, 4.69) is 27.8 Å². The summed E-state index contributed by atoms with van der Waals surface area (Å²) < 4.78 is 31.7. The van der Waals surface area contributed by atoms with Gasteiger partial charge in [-0.3, -0.25) is 10.1 Å². The third-order valence-corrected chi connectivity index (χ3v) is 5.68. The van der Waals surface area contributed by atoms with Crippen LogP contribution in [0.4, 0.5) is 14.4 Å². The fraction of sp³-hybridized carbons (Fsp3) is 0.654. The number of ether oxygens (including phenoxy) is 6. The maximum atomic E-state index is 12.7. The first-order chi connectivity index (χ1) is 19.2. The van der Waals surface area contributed by atoms with Gasteiger partial charge in [0, 0.05) is 13.5 Å². The second kappa shape index (κ2) is 15.0. The molecule has 0 aliphatic carbocycles. The summed E-state index contributed by atoms with van der Waals surface area (Å²) in [5, 5.41) is 10.7. The average molecular weight is 585 g/mol. The van der Waals surface area contributed by atoms with Gasteiger partial charge < -0.3 is 44.4 Å². The van der Waals surface area contributed by atoms with Gasteiger partial charge in [0.25, 0.3) is 0 Å². The average Bonchev–Trinajstić information content (AvgIpc) is 3.30. The van der Waals surface area contributed by atoms with Crippen LogP contribution in [0.25, 0.3) is 0 Å². The summed E-state index contributed by atoms with van der Waals surface area (Å²) in [6.45, 7) is 12.1. The number of nitrogens with one attached hydrogen (secondary N) is 4. The first kappa shape index (κ1) is 33.0. The van der Waals surface area contributed by atoms with Crippen molar-refractivity contribution in [3.05, 3.63) is 24.2 Å². The van der Waals surface area contributed by atoms with Crippen molar-refractivity contribution >= 4 is 30.2 Å². The molecule has 2 aliphatic rings. The fourth-order valence-corrected chi connectivity index (χ4v) is 4.01. The molecule has 230 valence electrons. The van der Waals surface area contributed by atoms with Crippen molar-refractivity contribution in [3.63, 3.8) is 0 Å². The molecule has 0 spiro atoms. The van der Waals surface area contributed by atoms with Gasteiger partial charge in [0.1, 0.15) is 18.0 Å². The monoisotopic (exact) mass is 584 g/mol. The Hall–Kier alpha value is -4.17. The van der Waals surface area contributed by atoms with Crippen molar-refractivity contribution in [1.82, 2.24) is 21.3 Å². The van der Waals surface area contributed by atoms with Crippen molar-refractivity contribution < 1.29 is 52.4 Å². The Balaban J connectivity index is 2.41. The maximum Gasteiger partial charge on any atom is 0.508 e. The Kier molecular flexibility index (Phi) is 12.1. The number of hydrogen-bond donors (Lipinski definition) is 4. The number of rotatable bonds is 12. The van der Waals surface area contributed by atoms with Gasteiger partial charge in [-0.2, -0.15) is 0 Å². The Morgan fingerprint density at radius 1 is 1.12 bits per heavy atom. The molecule has 2 rings (SSSR count). The SMILES string of the molecule is C=C(NC(=O)OC(C)(C)C)N[C@H]1C=C(C(=O)OC)O[C@@H]([C@H](OC(=O)NCCCCC)[C@H]2COC(=O)O2)[C@@H]1NC(C)=O. The highest BCUT2D eigenvalue weighted by atomic mass is 16.8. The first-order valence-corrected chi connectivity index (χ1v) is 13.2. The molecule has 1 saturated heterocycles. The molecule has 0 aromatic carbocycles. The zero-order valence-corrected chi connectivity index (χ0v) is 24.2. The van der Waals surface area contributed by atoms with Crippen molar-refractivity contribution in [1.29, 1.82) is 0 Å². The van der Waals surface area contributed by atoms with Crippen LogP contribution in [0, 0.1) is 0 Å². The Morgan fingerprint density at radius 3 is 2.39 bits per heavy atom. The Bertz CT molecular complexity index is 1020. The molecule has 15 heteroatoms. The summed E-state index contributed by atoms with van der Waals surface area (Å²) in [7, 11) is 1.14. The van der Waals surface area contributed by atoms with Crippen LogP contribution in [0.3, 0.4) is 0 Å². The zero-order chi connectivity index (χ0) is 30.7. The van der Waals surface area contributed by atoms with E-state index in [4.69, 9.17) is 28.4 Å². The van der Waals surface area contributed by atoms with Crippen molar-refractivity contribution in [2.75, 3.05) is 20.3 Å². The molecule has 0 unspecified atom stereocenters. The lowest BCUT2D eigenvalue weighted by atomic mass is 9.91. The van der Waals surface area contributed by atoms with Crippen LogP contribution >= 0.6 is 0 Å². The fourth-order valence-electron chi connectivity index (χ4n) is 4.01. The highest BCUT2D eigenvalue weighted by Gasteiger charge is 2.50. The van der Waals surface area contributed by atoms with Crippen LogP contribution < -0.4 is 21.3 Å². The highest BCUT2D eigenvalue weighted by molar-refractivity contribution is 5.86. The second-order valence-corrected chi connectivity index (χ2v) is 10.3. The van der Waals surface area contributed by atoms with Gasteiger partial charge in [0.05, 0.1) is 19.2 Å². The predicted octanol–water partition coefficient (Wildman–Crippen LogP) is 1.72. The molecule has 0 saturated carbocycles. The zero-order valence-electron chi connectivity index (χ0n) is 24.2. The Labute approximate surface area is 238 Å². The van der Waals surface area contributed by atoms with E-state index in [1.54, 1.807) is 20.8 Å². The van der Waals surface area contributed by atoms with Gasteiger partial charge in [-0.05, 0) is 33.3 Å². The van der Waals surface area contributed by atoms with Gasteiger partial charge >= 0.3 is 24.3 Å². The number of unbranched alkanes of at least 4 members (excludes halogenated alkanes) is 2. The largest absolute Gasteiger partial charge is 0.508 e. The minimum atomic E-state index is -1.37. The molecule has 2 heterocycles. The summed E-state index contributed by atoms with van der Waals surface area (Å²) in [5.74, 6) is -1.72. The summed E-state index contributed by atoms with van der Waals surface area (Å²) >= 11 is 0. The van der Waals surface area contributed by atoms with E-state index >= 15 is 0 Å². The van der Waals surface area contributed by atoms with Gasteiger partial charge in [0.2, 0.25) is 11.7 Å². The highest BCUT2D eigenvalue weighted by Crippen LogP contribution is 2.28. The topological polar surface area (TPSA) is 189 Å². The molecule has 4 N–H and O–H groups in total.